The first-order valence-corrected chi connectivity index (χ1v) is 5.12. The highest BCUT2D eigenvalue weighted by Crippen LogP contribution is 2.01. The molecule has 7 nitrogen and oxygen atoms in total. The first kappa shape index (κ1) is 13.0. The van der Waals surface area contributed by atoms with E-state index in [4.69, 9.17) is 5.11 Å². The summed E-state index contributed by atoms with van der Waals surface area (Å²) in [6.07, 6.45) is 3.45. The number of carbonyl (C=O) groups is 2. The van der Waals surface area contributed by atoms with Gasteiger partial charge in [-0.2, -0.15) is 5.10 Å². The molecule has 1 aromatic rings. The van der Waals surface area contributed by atoms with Crippen molar-refractivity contribution in [3.8, 4) is 0 Å². The Labute approximate surface area is 99.0 Å². The Balaban J connectivity index is 2.50. The number of carboxylic acid groups (broad SMARTS) is 1. The minimum absolute atomic E-state index is 0.381. The Morgan fingerprint density at radius 3 is 2.76 bits per heavy atom. The van der Waals surface area contributed by atoms with Crippen LogP contribution in [0.25, 0.3) is 0 Å². The summed E-state index contributed by atoms with van der Waals surface area (Å²) in [5.74, 6) is -1.06. The average Bonchev–Trinajstić information content (AvgIpc) is 2.63. The van der Waals surface area contributed by atoms with Crippen molar-refractivity contribution in [2.45, 2.75) is 19.5 Å². The van der Waals surface area contributed by atoms with Gasteiger partial charge in [-0.3, -0.25) is 9.48 Å². The monoisotopic (exact) mass is 240 g/mol. The van der Waals surface area contributed by atoms with Crippen molar-refractivity contribution in [2.24, 2.45) is 7.05 Å². The third-order valence-corrected chi connectivity index (χ3v) is 2.24. The summed E-state index contributed by atoms with van der Waals surface area (Å²) in [7, 11) is 3.38. The van der Waals surface area contributed by atoms with E-state index in [0.29, 0.717) is 6.54 Å². The number of aliphatic carboxylic acids is 1. The Morgan fingerprint density at radius 1 is 1.65 bits per heavy atom. The molecule has 0 spiro atoms. The van der Waals surface area contributed by atoms with Gasteiger partial charge in [0.25, 0.3) is 0 Å². The normalized spacial score (nSPS) is 11.9. The average molecular weight is 240 g/mol. The second-order valence-corrected chi connectivity index (χ2v) is 3.89. The van der Waals surface area contributed by atoms with Crippen LogP contribution < -0.4 is 5.32 Å². The lowest BCUT2D eigenvalue weighted by Gasteiger charge is -2.18. The highest BCUT2D eigenvalue weighted by molar-refractivity contribution is 5.82. The van der Waals surface area contributed by atoms with Crippen LogP contribution in [0, 0.1) is 0 Å². The van der Waals surface area contributed by atoms with E-state index < -0.39 is 18.0 Å². The highest BCUT2D eigenvalue weighted by Gasteiger charge is 2.17. The first-order chi connectivity index (χ1) is 7.90. The number of nitrogens with zero attached hydrogens (tertiary/aromatic N) is 3. The molecule has 0 aliphatic heterocycles. The Kier molecular flexibility index (Phi) is 4.08. The summed E-state index contributed by atoms with van der Waals surface area (Å²) >= 11 is 0. The number of amides is 2. The molecule has 94 valence electrons. The van der Waals surface area contributed by atoms with Gasteiger partial charge in [-0.1, -0.05) is 0 Å². The number of aryl methyl sites for hydroxylation is 1. The number of rotatable bonds is 4. The molecule has 1 atom stereocenters. The number of carboxylic acids is 1. The van der Waals surface area contributed by atoms with E-state index in [-0.39, 0.29) is 0 Å². The third-order valence-electron chi connectivity index (χ3n) is 2.24. The van der Waals surface area contributed by atoms with E-state index in [1.54, 1.807) is 31.2 Å². The summed E-state index contributed by atoms with van der Waals surface area (Å²) in [6.45, 7) is 1.80. The molecular formula is C10H16N4O3. The van der Waals surface area contributed by atoms with Crippen molar-refractivity contribution in [1.29, 1.82) is 0 Å². The predicted molar refractivity (Wildman–Crippen MR) is 60.3 cm³/mol. The van der Waals surface area contributed by atoms with Crippen LogP contribution in [-0.2, 0) is 18.4 Å². The molecule has 17 heavy (non-hydrogen) atoms. The van der Waals surface area contributed by atoms with E-state index in [2.05, 4.69) is 10.4 Å². The molecule has 0 radical (unpaired) electrons. The van der Waals surface area contributed by atoms with Gasteiger partial charge in [-0.05, 0) is 6.92 Å². The van der Waals surface area contributed by atoms with Gasteiger partial charge >= 0.3 is 12.0 Å². The molecule has 7 heteroatoms. The maximum Gasteiger partial charge on any atom is 0.325 e. The SMILES string of the molecule is C[C@@H](NC(=O)N(C)Cc1cnn(C)c1)C(=O)O. The summed E-state index contributed by atoms with van der Waals surface area (Å²) in [6, 6.07) is -1.33. The van der Waals surface area contributed by atoms with Crippen molar-refractivity contribution in [3.63, 3.8) is 0 Å². The van der Waals surface area contributed by atoms with Gasteiger partial charge in [0, 0.05) is 25.9 Å². The maximum atomic E-state index is 11.6. The molecule has 0 aliphatic rings. The van der Waals surface area contributed by atoms with Crippen molar-refractivity contribution >= 4 is 12.0 Å². The lowest BCUT2D eigenvalue weighted by molar-refractivity contribution is -0.138. The van der Waals surface area contributed by atoms with Crippen LogP contribution in [0.4, 0.5) is 4.79 Å². The summed E-state index contributed by atoms with van der Waals surface area (Å²) in [5.41, 5.74) is 0.883. The van der Waals surface area contributed by atoms with Crippen molar-refractivity contribution in [1.82, 2.24) is 20.0 Å². The fourth-order valence-corrected chi connectivity index (χ4v) is 1.26. The molecule has 1 aromatic heterocycles. The molecule has 0 unspecified atom stereocenters. The minimum atomic E-state index is -1.06. The quantitative estimate of drug-likeness (QED) is 0.777. The van der Waals surface area contributed by atoms with Crippen LogP contribution in [0.1, 0.15) is 12.5 Å². The standard InChI is InChI=1S/C10H16N4O3/c1-7(9(15)16)12-10(17)13(2)5-8-4-11-14(3)6-8/h4,6-7H,5H2,1-3H3,(H,12,17)(H,15,16)/t7-/m1/s1. The summed E-state index contributed by atoms with van der Waals surface area (Å²) < 4.78 is 1.64. The number of aromatic nitrogens is 2. The maximum absolute atomic E-state index is 11.6. The van der Waals surface area contributed by atoms with Gasteiger partial charge in [-0.15, -0.1) is 0 Å². The van der Waals surface area contributed by atoms with E-state index in [0.717, 1.165) is 5.56 Å². The lowest BCUT2D eigenvalue weighted by atomic mass is 10.3. The molecule has 0 aromatic carbocycles. The topological polar surface area (TPSA) is 87.5 Å². The Hall–Kier alpha value is -2.05. The second-order valence-electron chi connectivity index (χ2n) is 3.89. The Bertz CT molecular complexity index is 415. The van der Waals surface area contributed by atoms with E-state index >= 15 is 0 Å². The minimum Gasteiger partial charge on any atom is -0.480 e. The van der Waals surface area contributed by atoms with Crippen molar-refractivity contribution in [3.05, 3.63) is 18.0 Å². The zero-order valence-corrected chi connectivity index (χ0v) is 10.0. The number of hydrogen-bond acceptors (Lipinski definition) is 3. The van der Waals surface area contributed by atoms with E-state index in [9.17, 15) is 9.59 Å². The summed E-state index contributed by atoms with van der Waals surface area (Å²) in [5, 5.41) is 15.0. The zero-order valence-electron chi connectivity index (χ0n) is 10.0. The number of urea groups is 1. The second kappa shape index (κ2) is 5.33. The largest absolute Gasteiger partial charge is 0.480 e. The molecule has 0 saturated carbocycles. The molecule has 0 fully saturated rings. The van der Waals surface area contributed by atoms with Crippen molar-refractivity contribution < 1.29 is 14.7 Å². The van der Waals surface area contributed by atoms with Crippen LogP contribution in [0.15, 0.2) is 12.4 Å². The molecule has 0 bridgehead atoms. The Morgan fingerprint density at radius 2 is 2.29 bits per heavy atom. The van der Waals surface area contributed by atoms with Crippen LogP contribution >= 0.6 is 0 Å². The summed E-state index contributed by atoms with van der Waals surface area (Å²) in [4.78, 5) is 23.6. The van der Waals surface area contributed by atoms with Gasteiger partial charge in [0.2, 0.25) is 0 Å². The van der Waals surface area contributed by atoms with E-state index in [1.807, 2.05) is 0 Å². The highest BCUT2D eigenvalue weighted by atomic mass is 16.4. The fourth-order valence-electron chi connectivity index (χ4n) is 1.26. The molecule has 0 aliphatic carbocycles. The van der Waals surface area contributed by atoms with Gasteiger partial charge in [0.15, 0.2) is 0 Å². The fraction of sp³-hybridized carbons (Fsp3) is 0.500. The number of carbonyl (C=O) groups excluding carboxylic acids is 1. The van der Waals surface area contributed by atoms with Gasteiger partial charge in [0.1, 0.15) is 6.04 Å². The number of nitrogens with one attached hydrogen (secondary N) is 1. The third kappa shape index (κ3) is 3.78. The lowest BCUT2D eigenvalue weighted by Crippen LogP contribution is -2.44. The van der Waals surface area contributed by atoms with Gasteiger partial charge in [0.05, 0.1) is 12.7 Å². The van der Waals surface area contributed by atoms with Crippen LogP contribution in [0.5, 0.6) is 0 Å². The zero-order chi connectivity index (χ0) is 13.0. The van der Waals surface area contributed by atoms with Gasteiger partial charge < -0.3 is 15.3 Å². The van der Waals surface area contributed by atoms with Gasteiger partial charge in [-0.25, -0.2) is 4.79 Å². The molecule has 2 amide bonds. The van der Waals surface area contributed by atoms with Crippen LogP contribution in [-0.4, -0.2) is 44.9 Å². The smallest absolute Gasteiger partial charge is 0.325 e. The predicted octanol–water partition coefficient (Wildman–Crippen LogP) is 0.0346. The molecule has 1 heterocycles. The van der Waals surface area contributed by atoms with Crippen LogP contribution in [0.2, 0.25) is 0 Å². The van der Waals surface area contributed by atoms with E-state index in [1.165, 1.54) is 11.8 Å². The molecular weight excluding hydrogens is 224 g/mol. The molecule has 1 rings (SSSR count). The van der Waals surface area contributed by atoms with Crippen molar-refractivity contribution in [2.75, 3.05) is 7.05 Å². The first-order valence-electron chi connectivity index (χ1n) is 5.12. The molecule has 0 saturated heterocycles. The molecule has 2 N–H and O–H groups in total. The van der Waals surface area contributed by atoms with Crippen LogP contribution in [0.3, 0.4) is 0 Å². The number of hydrogen-bond donors (Lipinski definition) is 2.